The summed E-state index contributed by atoms with van der Waals surface area (Å²) in [4.78, 5) is 0.184. The van der Waals surface area contributed by atoms with Crippen LogP contribution in [0.4, 0.5) is 5.88 Å². The molecular formula is C13H16N2O3S. The molecule has 5 nitrogen and oxygen atoms in total. The molecule has 0 spiro atoms. The van der Waals surface area contributed by atoms with Crippen LogP contribution in [-0.2, 0) is 15.4 Å². The molecule has 0 aliphatic rings. The van der Waals surface area contributed by atoms with Crippen molar-refractivity contribution in [3.05, 3.63) is 42.1 Å². The van der Waals surface area contributed by atoms with Gasteiger partial charge < -0.3 is 4.52 Å². The van der Waals surface area contributed by atoms with Crippen molar-refractivity contribution < 1.29 is 12.9 Å². The number of rotatable bonds is 3. The number of anilines is 1. The highest BCUT2D eigenvalue weighted by Crippen LogP contribution is 2.25. The molecule has 19 heavy (non-hydrogen) atoms. The van der Waals surface area contributed by atoms with E-state index in [0.29, 0.717) is 5.69 Å². The van der Waals surface area contributed by atoms with Gasteiger partial charge in [-0.2, -0.15) is 0 Å². The van der Waals surface area contributed by atoms with Crippen LogP contribution in [0.25, 0.3) is 0 Å². The fourth-order valence-electron chi connectivity index (χ4n) is 1.47. The normalized spacial score (nSPS) is 12.4. The molecule has 0 aliphatic carbocycles. The maximum absolute atomic E-state index is 12.1. The van der Waals surface area contributed by atoms with Gasteiger partial charge in [0, 0.05) is 11.5 Å². The number of aromatic nitrogens is 1. The van der Waals surface area contributed by atoms with Crippen molar-refractivity contribution in [2.24, 2.45) is 0 Å². The first-order valence-corrected chi connectivity index (χ1v) is 7.32. The Kier molecular flexibility index (Phi) is 3.36. The molecule has 0 radical (unpaired) electrons. The van der Waals surface area contributed by atoms with E-state index in [1.54, 1.807) is 24.3 Å². The van der Waals surface area contributed by atoms with Crippen molar-refractivity contribution in [1.82, 2.24) is 5.16 Å². The first-order valence-electron chi connectivity index (χ1n) is 5.84. The lowest BCUT2D eigenvalue weighted by Crippen LogP contribution is -2.13. The number of benzene rings is 1. The Balaban J connectivity index is 2.25. The zero-order valence-electron chi connectivity index (χ0n) is 11.0. The van der Waals surface area contributed by atoms with Crippen molar-refractivity contribution in [3.8, 4) is 0 Å². The second-order valence-electron chi connectivity index (χ2n) is 5.24. The molecule has 0 unspecified atom stereocenters. The van der Waals surface area contributed by atoms with Crippen LogP contribution in [0, 0.1) is 0 Å². The Morgan fingerprint density at radius 3 is 2.32 bits per heavy atom. The molecule has 1 N–H and O–H groups in total. The fraction of sp³-hybridized carbons (Fsp3) is 0.308. The highest BCUT2D eigenvalue weighted by Gasteiger charge is 2.21. The molecule has 1 aromatic heterocycles. The summed E-state index contributed by atoms with van der Waals surface area (Å²) < 4.78 is 31.5. The average molecular weight is 280 g/mol. The van der Waals surface area contributed by atoms with Gasteiger partial charge in [-0.15, -0.1) is 0 Å². The van der Waals surface area contributed by atoms with Crippen LogP contribution in [0.1, 0.15) is 26.5 Å². The van der Waals surface area contributed by atoms with Gasteiger partial charge in [0.05, 0.1) is 10.6 Å². The zero-order chi connectivity index (χ0) is 14.1. The molecule has 0 fully saturated rings. The molecule has 2 aromatic rings. The largest absolute Gasteiger partial charge is 0.338 e. The molecule has 6 heteroatoms. The minimum Gasteiger partial charge on any atom is -0.338 e. The lowest BCUT2D eigenvalue weighted by molar-refractivity contribution is 0.405. The van der Waals surface area contributed by atoms with E-state index in [4.69, 9.17) is 4.52 Å². The molecule has 0 saturated carbocycles. The lowest BCUT2D eigenvalue weighted by Gasteiger charge is -2.12. The lowest BCUT2D eigenvalue weighted by atomic mass is 9.92. The molecule has 102 valence electrons. The van der Waals surface area contributed by atoms with Crippen LogP contribution in [0.5, 0.6) is 0 Å². The fourth-order valence-corrected chi connectivity index (χ4v) is 2.46. The maximum Gasteiger partial charge on any atom is 0.264 e. The predicted octanol–water partition coefficient (Wildman–Crippen LogP) is 2.77. The van der Waals surface area contributed by atoms with Gasteiger partial charge >= 0.3 is 0 Å². The van der Waals surface area contributed by atoms with Crippen LogP contribution in [-0.4, -0.2) is 13.6 Å². The van der Waals surface area contributed by atoms with E-state index >= 15 is 0 Å². The molecule has 0 atom stereocenters. The summed E-state index contributed by atoms with van der Waals surface area (Å²) in [6, 6.07) is 9.71. The maximum atomic E-state index is 12.1. The summed E-state index contributed by atoms with van der Waals surface area (Å²) in [5, 5.41) is 3.86. The van der Waals surface area contributed by atoms with Crippen LogP contribution in [0.3, 0.4) is 0 Å². The minimum absolute atomic E-state index is 0.119. The number of hydrogen-bond acceptors (Lipinski definition) is 4. The second kappa shape index (κ2) is 4.70. The third-order valence-corrected chi connectivity index (χ3v) is 3.93. The highest BCUT2D eigenvalue weighted by atomic mass is 32.2. The summed E-state index contributed by atoms with van der Waals surface area (Å²) in [6.45, 7) is 5.92. The monoisotopic (exact) mass is 280 g/mol. The highest BCUT2D eigenvalue weighted by molar-refractivity contribution is 7.92. The second-order valence-corrected chi connectivity index (χ2v) is 6.93. The molecule has 1 aromatic carbocycles. The van der Waals surface area contributed by atoms with Crippen molar-refractivity contribution in [1.29, 1.82) is 0 Å². The van der Waals surface area contributed by atoms with Crippen molar-refractivity contribution in [2.75, 3.05) is 4.72 Å². The van der Waals surface area contributed by atoms with E-state index in [2.05, 4.69) is 9.88 Å². The molecular weight excluding hydrogens is 264 g/mol. The summed E-state index contributed by atoms with van der Waals surface area (Å²) in [6.07, 6.45) is 0. The summed E-state index contributed by atoms with van der Waals surface area (Å²) in [5.74, 6) is 0.119. The van der Waals surface area contributed by atoms with E-state index < -0.39 is 10.0 Å². The Morgan fingerprint density at radius 2 is 1.79 bits per heavy atom. The Bertz CT molecular complexity index is 655. The molecule has 0 bridgehead atoms. The Hall–Kier alpha value is -1.82. The van der Waals surface area contributed by atoms with Gasteiger partial charge in [-0.1, -0.05) is 44.1 Å². The number of nitrogens with zero attached hydrogens (tertiary/aromatic N) is 1. The summed E-state index contributed by atoms with van der Waals surface area (Å²) in [5.41, 5.74) is 0.498. The third kappa shape index (κ3) is 3.14. The van der Waals surface area contributed by atoms with Gasteiger partial charge in [0.2, 0.25) is 5.88 Å². The van der Waals surface area contributed by atoms with Crippen LogP contribution >= 0.6 is 0 Å². The van der Waals surface area contributed by atoms with Gasteiger partial charge in [-0.3, -0.25) is 0 Å². The van der Waals surface area contributed by atoms with Gasteiger partial charge in [-0.05, 0) is 12.1 Å². The molecule has 0 saturated heterocycles. The number of hydrogen-bond donors (Lipinski definition) is 1. The van der Waals surface area contributed by atoms with Crippen molar-refractivity contribution in [2.45, 2.75) is 31.1 Å². The molecule has 1 heterocycles. The first-order chi connectivity index (χ1) is 8.79. The number of sulfonamides is 1. The third-order valence-electron chi connectivity index (χ3n) is 2.57. The minimum atomic E-state index is -3.63. The van der Waals surface area contributed by atoms with Crippen molar-refractivity contribution in [3.63, 3.8) is 0 Å². The Labute approximate surface area is 112 Å². The van der Waals surface area contributed by atoms with Gasteiger partial charge in [0.25, 0.3) is 10.0 Å². The molecule has 0 amide bonds. The van der Waals surface area contributed by atoms with Gasteiger partial charge in [0.1, 0.15) is 0 Å². The van der Waals surface area contributed by atoms with Crippen LogP contribution in [0.15, 0.2) is 45.8 Å². The Morgan fingerprint density at radius 1 is 1.16 bits per heavy atom. The van der Waals surface area contributed by atoms with Gasteiger partial charge in [-0.25, -0.2) is 13.1 Å². The summed E-state index contributed by atoms with van der Waals surface area (Å²) >= 11 is 0. The number of nitrogens with one attached hydrogen (secondary N) is 1. The van der Waals surface area contributed by atoms with E-state index in [1.807, 2.05) is 20.8 Å². The van der Waals surface area contributed by atoms with Crippen LogP contribution < -0.4 is 4.72 Å². The standard InChI is InChI=1S/C13H16N2O3S/c1-13(2,3)11-9-12(18-14-11)15-19(16,17)10-7-5-4-6-8-10/h4-9,15H,1-3H3. The average Bonchev–Trinajstić information content (AvgIpc) is 2.78. The quantitative estimate of drug-likeness (QED) is 0.938. The van der Waals surface area contributed by atoms with Crippen molar-refractivity contribution >= 4 is 15.9 Å². The van der Waals surface area contributed by atoms with E-state index in [0.717, 1.165) is 0 Å². The SMILES string of the molecule is CC(C)(C)c1cc(NS(=O)(=O)c2ccccc2)on1. The van der Waals surface area contributed by atoms with Crippen LogP contribution in [0.2, 0.25) is 0 Å². The summed E-state index contributed by atoms with van der Waals surface area (Å²) in [7, 11) is -3.63. The zero-order valence-corrected chi connectivity index (χ0v) is 11.9. The predicted molar refractivity (Wildman–Crippen MR) is 72.5 cm³/mol. The van der Waals surface area contributed by atoms with E-state index in [-0.39, 0.29) is 16.2 Å². The van der Waals surface area contributed by atoms with E-state index in [1.165, 1.54) is 12.1 Å². The van der Waals surface area contributed by atoms with Gasteiger partial charge in [0.15, 0.2) is 0 Å². The smallest absolute Gasteiger partial charge is 0.264 e. The molecule has 2 rings (SSSR count). The topological polar surface area (TPSA) is 72.2 Å². The molecule has 0 aliphatic heterocycles. The first kappa shape index (κ1) is 13.6. The van der Waals surface area contributed by atoms with E-state index in [9.17, 15) is 8.42 Å².